The first-order valence-corrected chi connectivity index (χ1v) is 6.07. The summed E-state index contributed by atoms with van der Waals surface area (Å²) in [5.74, 6) is 0. The minimum atomic E-state index is 0.772. The van der Waals surface area contributed by atoms with E-state index >= 15 is 0 Å². The topological polar surface area (TPSA) is 0 Å². The molecule has 0 nitrogen and oxygen atoms in total. The van der Waals surface area contributed by atoms with Crippen molar-refractivity contribution in [3.05, 3.63) is 71.8 Å². The third-order valence-electron chi connectivity index (χ3n) is 2.31. The van der Waals surface area contributed by atoms with Gasteiger partial charge in [-0.25, -0.2) is 0 Å². The van der Waals surface area contributed by atoms with Crippen molar-refractivity contribution in [3.63, 3.8) is 0 Å². The molecule has 1 aromatic rings. The smallest absolute Gasteiger partial charge is 0.0539 e. The average molecular weight is 209 g/mol. The van der Waals surface area contributed by atoms with Crippen LogP contribution in [0.15, 0.2) is 65.4 Å². The molecular formula is C14H13Si-. The molecule has 1 aromatic carbocycles. The summed E-state index contributed by atoms with van der Waals surface area (Å²) in [5.41, 5.74) is 1.35. The Balaban J connectivity index is 2.13. The van der Waals surface area contributed by atoms with E-state index in [0.29, 0.717) is 0 Å². The maximum atomic E-state index is 2.21. The second kappa shape index (κ2) is 4.85. The average Bonchev–Trinajstić information content (AvgIpc) is 2.31. The predicted octanol–water partition coefficient (Wildman–Crippen LogP) is 2.62. The van der Waals surface area contributed by atoms with Crippen LogP contribution < -0.4 is 5.19 Å². The summed E-state index contributed by atoms with van der Waals surface area (Å²) in [4.78, 5) is 0. The van der Waals surface area contributed by atoms with Crippen LogP contribution in [0.1, 0.15) is 6.92 Å². The SMILES string of the molecule is C/C([Si]c1ccccc1)=C1\C=CC=C[CH-]1. The van der Waals surface area contributed by atoms with E-state index in [2.05, 4.69) is 68.0 Å². The molecule has 1 aliphatic rings. The molecular weight excluding hydrogens is 196 g/mol. The number of benzene rings is 1. The van der Waals surface area contributed by atoms with Crippen molar-refractivity contribution < 1.29 is 0 Å². The zero-order valence-electron chi connectivity index (χ0n) is 8.77. The molecule has 0 atom stereocenters. The summed E-state index contributed by atoms with van der Waals surface area (Å²) in [6, 6.07) is 10.6. The van der Waals surface area contributed by atoms with Gasteiger partial charge in [-0.3, -0.25) is 0 Å². The first kappa shape index (κ1) is 10.1. The second-order valence-electron chi connectivity index (χ2n) is 3.48. The van der Waals surface area contributed by atoms with Crippen LogP contribution in [0.5, 0.6) is 0 Å². The van der Waals surface area contributed by atoms with Crippen molar-refractivity contribution in [1.29, 1.82) is 0 Å². The Labute approximate surface area is 93.9 Å². The summed E-state index contributed by atoms with van der Waals surface area (Å²) in [6.07, 6.45) is 10.6. The van der Waals surface area contributed by atoms with E-state index < -0.39 is 0 Å². The third kappa shape index (κ3) is 2.74. The van der Waals surface area contributed by atoms with Gasteiger partial charge in [0.15, 0.2) is 0 Å². The van der Waals surface area contributed by atoms with Crippen LogP contribution in [0.3, 0.4) is 0 Å². The zero-order valence-corrected chi connectivity index (χ0v) is 9.77. The lowest BCUT2D eigenvalue weighted by molar-refractivity contribution is 1.45. The Bertz CT molecular complexity index is 410. The summed E-state index contributed by atoms with van der Waals surface area (Å²) < 4.78 is 0. The largest absolute Gasteiger partial charge is 0.152 e. The molecule has 0 saturated carbocycles. The van der Waals surface area contributed by atoms with E-state index in [1.165, 1.54) is 16.0 Å². The zero-order chi connectivity index (χ0) is 10.5. The van der Waals surface area contributed by atoms with Gasteiger partial charge in [0.05, 0.1) is 9.52 Å². The van der Waals surface area contributed by atoms with Crippen LogP contribution >= 0.6 is 0 Å². The molecule has 0 spiro atoms. The Morgan fingerprint density at radius 1 is 1.13 bits per heavy atom. The van der Waals surface area contributed by atoms with Crippen molar-refractivity contribution in [2.24, 2.45) is 0 Å². The highest BCUT2D eigenvalue weighted by Crippen LogP contribution is 2.13. The fraction of sp³-hybridized carbons (Fsp3) is 0.0714. The summed E-state index contributed by atoms with van der Waals surface area (Å²) in [6.45, 7) is 2.21. The molecule has 15 heavy (non-hydrogen) atoms. The molecule has 0 fully saturated rings. The standard InChI is InChI=1S/C14H13Si/c1-12(13-8-4-2-5-9-13)15-14-10-6-3-7-11-14/h2-11H,1H3/q-1. The molecule has 0 heterocycles. The molecule has 0 unspecified atom stereocenters. The predicted molar refractivity (Wildman–Crippen MR) is 67.1 cm³/mol. The van der Waals surface area contributed by atoms with Gasteiger partial charge in [0, 0.05) is 0 Å². The fourth-order valence-corrected chi connectivity index (χ4v) is 2.60. The van der Waals surface area contributed by atoms with E-state index in [-0.39, 0.29) is 0 Å². The lowest BCUT2D eigenvalue weighted by atomic mass is 10.1. The van der Waals surface area contributed by atoms with Crippen LogP contribution in [0.4, 0.5) is 0 Å². The molecule has 0 amide bonds. The normalized spacial score (nSPS) is 17.4. The summed E-state index contributed by atoms with van der Waals surface area (Å²) in [5, 5.41) is 2.85. The Morgan fingerprint density at radius 3 is 2.60 bits per heavy atom. The minimum Gasteiger partial charge on any atom is -0.152 e. The lowest BCUT2D eigenvalue weighted by Gasteiger charge is -2.15. The van der Waals surface area contributed by atoms with Gasteiger partial charge in [0.1, 0.15) is 0 Å². The van der Waals surface area contributed by atoms with E-state index in [9.17, 15) is 0 Å². The summed E-state index contributed by atoms with van der Waals surface area (Å²) >= 11 is 0. The number of hydrogen-bond donors (Lipinski definition) is 0. The van der Waals surface area contributed by atoms with Gasteiger partial charge >= 0.3 is 0 Å². The van der Waals surface area contributed by atoms with Crippen molar-refractivity contribution in [2.75, 3.05) is 0 Å². The third-order valence-corrected chi connectivity index (χ3v) is 3.60. The first-order chi connectivity index (χ1) is 7.36. The van der Waals surface area contributed by atoms with Crippen LogP contribution in [-0.2, 0) is 0 Å². The van der Waals surface area contributed by atoms with Gasteiger partial charge in [-0.1, -0.05) is 42.4 Å². The van der Waals surface area contributed by atoms with E-state index in [1.54, 1.807) is 0 Å². The minimum absolute atomic E-state index is 0.772. The van der Waals surface area contributed by atoms with Gasteiger partial charge in [0.2, 0.25) is 0 Å². The van der Waals surface area contributed by atoms with Crippen LogP contribution in [-0.4, -0.2) is 9.52 Å². The molecule has 74 valence electrons. The van der Waals surface area contributed by atoms with Crippen LogP contribution in [0, 0.1) is 6.42 Å². The number of rotatable bonds is 2. The quantitative estimate of drug-likeness (QED) is 0.519. The van der Waals surface area contributed by atoms with Gasteiger partial charge in [-0.15, -0.1) is 35.9 Å². The van der Waals surface area contributed by atoms with Crippen LogP contribution in [0.25, 0.3) is 0 Å². The van der Waals surface area contributed by atoms with Crippen molar-refractivity contribution in [2.45, 2.75) is 6.92 Å². The molecule has 0 bridgehead atoms. The highest BCUT2D eigenvalue weighted by molar-refractivity contribution is 6.61. The first-order valence-electron chi connectivity index (χ1n) is 5.07. The Kier molecular flexibility index (Phi) is 3.25. The van der Waals surface area contributed by atoms with Gasteiger partial charge < -0.3 is 0 Å². The Morgan fingerprint density at radius 2 is 1.93 bits per heavy atom. The molecule has 0 aliphatic heterocycles. The number of allylic oxidation sites excluding steroid dienone is 6. The van der Waals surface area contributed by atoms with Gasteiger partial charge in [-0.05, 0) is 0 Å². The molecule has 1 heteroatoms. The maximum absolute atomic E-state index is 2.21. The van der Waals surface area contributed by atoms with E-state index in [4.69, 9.17) is 0 Å². The van der Waals surface area contributed by atoms with Gasteiger partial charge in [-0.2, -0.15) is 5.57 Å². The molecule has 2 rings (SSSR count). The molecule has 1 aliphatic carbocycles. The Hall–Kier alpha value is -1.47. The fourth-order valence-electron chi connectivity index (χ4n) is 1.50. The second-order valence-corrected chi connectivity index (χ2v) is 5.06. The van der Waals surface area contributed by atoms with E-state index in [0.717, 1.165) is 9.52 Å². The van der Waals surface area contributed by atoms with E-state index in [1.807, 2.05) is 0 Å². The van der Waals surface area contributed by atoms with Crippen LogP contribution in [0.2, 0.25) is 0 Å². The van der Waals surface area contributed by atoms with Crippen molar-refractivity contribution in [1.82, 2.24) is 0 Å². The number of hydrogen-bond acceptors (Lipinski definition) is 0. The van der Waals surface area contributed by atoms with Gasteiger partial charge in [0.25, 0.3) is 0 Å². The van der Waals surface area contributed by atoms with Crippen molar-refractivity contribution >= 4 is 14.7 Å². The molecule has 0 saturated heterocycles. The highest BCUT2D eigenvalue weighted by atomic mass is 28.2. The monoisotopic (exact) mass is 209 g/mol. The summed E-state index contributed by atoms with van der Waals surface area (Å²) in [7, 11) is 0.772. The van der Waals surface area contributed by atoms with Crippen molar-refractivity contribution in [3.8, 4) is 0 Å². The highest BCUT2D eigenvalue weighted by Gasteiger charge is 1.96. The maximum Gasteiger partial charge on any atom is 0.0539 e. The molecule has 2 radical (unpaired) electrons. The lowest BCUT2D eigenvalue weighted by Crippen LogP contribution is -2.15. The molecule has 0 aromatic heterocycles. The molecule has 0 N–H and O–H groups in total.